The van der Waals surface area contributed by atoms with Crippen molar-refractivity contribution >= 4 is 22.6 Å². The molecule has 3 heterocycles. The number of pyridine rings is 1. The summed E-state index contributed by atoms with van der Waals surface area (Å²) >= 11 is 6.03. The first-order chi connectivity index (χ1) is 10.2. The van der Waals surface area contributed by atoms with E-state index in [1.165, 1.54) is 24.1 Å². The Morgan fingerprint density at radius 2 is 2.19 bits per heavy atom. The van der Waals surface area contributed by atoms with Crippen molar-refractivity contribution < 1.29 is 0 Å². The smallest absolute Gasteiger partial charge is 0.145 e. The normalized spacial score (nSPS) is 15.0. The second-order valence-electron chi connectivity index (χ2n) is 5.69. The molecule has 0 aromatic carbocycles. The Morgan fingerprint density at radius 1 is 1.38 bits per heavy atom. The summed E-state index contributed by atoms with van der Waals surface area (Å²) in [6.07, 6.45) is 7.28. The zero-order valence-electron chi connectivity index (χ0n) is 12.2. The predicted molar refractivity (Wildman–Crippen MR) is 84.2 cm³/mol. The Hall–Kier alpha value is -1.81. The van der Waals surface area contributed by atoms with Crippen molar-refractivity contribution in [2.24, 2.45) is 7.05 Å². The molecule has 0 spiro atoms. The highest BCUT2D eigenvalue weighted by Crippen LogP contribution is 2.42. The number of aromatic nitrogens is 4. The van der Waals surface area contributed by atoms with Crippen molar-refractivity contribution in [1.82, 2.24) is 19.3 Å². The number of fused-ring (bicyclic) bond motifs is 1. The van der Waals surface area contributed by atoms with Crippen LogP contribution in [0.3, 0.4) is 0 Å². The number of halogens is 1. The minimum absolute atomic E-state index is 0.657. The molecule has 0 amide bonds. The van der Waals surface area contributed by atoms with Gasteiger partial charge in [0, 0.05) is 36.3 Å². The zero-order valence-corrected chi connectivity index (χ0v) is 12.9. The van der Waals surface area contributed by atoms with E-state index < -0.39 is 0 Å². The fourth-order valence-electron chi connectivity index (χ4n) is 3.07. The lowest BCUT2D eigenvalue weighted by molar-refractivity contribution is 0.717. The fourth-order valence-corrected chi connectivity index (χ4v) is 3.24. The third-order valence-corrected chi connectivity index (χ3v) is 4.39. The van der Waals surface area contributed by atoms with Gasteiger partial charge in [-0.15, -0.1) is 0 Å². The number of nitrogens with zero attached hydrogens (tertiary/aromatic N) is 4. The topological polar surface area (TPSA) is 35.6 Å². The first kappa shape index (κ1) is 12.9. The Kier molecular flexibility index (Phi) is 2.82. The third kappa shape index (κ3) is 1.97. The molecule has 0 radical (unpaired) electrons. The van der Waals surface area contributed by atoms with Crippen LogP contribution in [-0.2, 0) is 13.5 Å². The van der Waals surface area contributed by atoms with E-state index >= 15 is 0 Å². The second kappa shape index (κ2) is 4.60. The average molecular weight is 301 g/mol. The molecule has 3 aromatic rings. The number of hydrogen-bond acceptors (Lipinski definition) is 2. The van der Waals surface area contributed by atoms with E-state index in [1.807, 2.05) is 17.8 Å². The van der Waals surface area contributed by atoms with Gasteiger partial charge in [-0.05, 0) is 31.4 Å². The van der Waals surface area contributed by atoms with Crippen molar-refractivity contribution in [2.75, 3.05) is 0 Å². The average Bonchev–Trinajstić information content (AvgIpc) is 3.15. The van der Waals surface area contributed by atoms with Gasteiger partial charge in [0.15, 0.2) is 0 Å². The van der Waals surface area contributed by atoms with Gasteiger partial charge in [0.25, 0.3) is 0 Å². The van der Waals surface area contributed by atoms with Crippen LogP contribution >= 0.6 is 11.6 Å². The van der Waals surface area contributed by atoms with Gasteiger partial charge in [0.05, 0.1) is 10.7 Å². The Labute approximate surface area is 128 Å². The van der Waals surface area contributed by atoms with E-state index in [0.717, 1.165) is 23.3 Å². The standard InChI is InChI=1S/C16H17ClN4/c1-3-13-14(10-4-5-10)19-20(2)16(13)21-7-6-11-8-12(17)9-18-15(11)21/h6-10H,3-5H2,1-2H3. The van der Waals surface area contributed by atoms with Crippen molar-refractivity contribution in [3.63, 3.8) is 0 Å². The maximum absolute atomic E-state index is 6.03. The number of hydrogen-bond donors (Lipinski definition) is 0. The molecule has 0 unspecified atom stereocenters. The van der Waals surface area contributed by atoms with Gasteiger partial charge >= 0.3 is 0 Å². The molecule has 0 N–H and O–H groups in total. The molecule has 1 fully saturated rings. The minimum atomic E-state index is 0.657. The molecule has 0 atom stereocenters. The highest BCUT2D eigenvalue weighted by molar-refractivity contribution is 6.31. The molecule has 5 heteroatoms. The van der Waals surface area contributed by atoms with Crippen LogP contribution in [0.25, 0.3) is 16.9 Å². The molecule has 21 heavy (non-hydrogen) atoms. The van der Waals surface area contributed by atoms with Gasteiger partial charge in [-0.2, -0.15) is 5.10 Å². The minimum Gasteiger partial charge on any atom is -0.285 e. The summed E-state index contributed by atoms with van der Waals surface area (Å²) in [5, 5.41) is 6.49. The number of aryl methyl sites for hydroxylation is 1. The summed E-state index contributed by atoms with van der Waals surface area (Å²) in [5.74, 6) is 1.79. The molecule has 3 aromatic heterocycles. The number of rotatable bonds is 3. The van der Waals surface area contributed by atoms with Crippen LogP contribution in [0.4, 0.5) is 0 Å². The predicted octanol–water partition coefficient (Wildman–Crippen LogP) is 3.85. The lowest BCUT2D eigenvalue weighted by Gasteiger charge is -2.08. The second-order valence-corrected chi connectivity index (χ2v) is 6.13. The molecule has 4 nitrogen and oxygen atoms in total. The molecule has 0 saturated heterocycles. The van der Waals surface area contributed by atoms with Crippen LogP contribution in [0.15, 0.2) is 24.5 Å². The quantitative estimate of drug-likeness (QED) is 0.736. The zero-order chi connectivity index (χ0) is 14.6. The molecule has 1 aliphatic rings. The molecule has 0 aliphatic heterocycles. The Morgan fingerprint density at radius 3 is 2.90 bits per heavy atom. The first-order valence-electron chi connectivity index (χ1n) is 7.37. The van der Waals surface area contributed by atoms with E-state index in [-0.39, 0.29) is 0 Å². The van der Waals surface area contributed by atoms with Crippen LogP contribution in [0.5, 0.6) is 0 Å². The lowest BCUT2D eigenvalue weighted by atomic mass is 10.1. The van der Waals surface area contributed by atoms with Gasteiger partial charge in [0.2, 0.25) is 0 Å². The van der Waals surface area contributed by atoms with Gasteiger partial charge in [-0.1, -0.05) is 18.5 Å². The van der Waals surface area contributed by atoms with E-state index in [0.29, 0.717) is 10.9 Å². The summed E-state index contributed by atoms with van der Waals surface area (Å²) < 4.78 is 4.12. The van der Waals surface area contributed by atoms with Crippen molar-refractivity contribution in [3.8, 4) is 5.82 Å². The summed E-state index contributed by atoms with van der Waals surface area (Å²) in [7, 11) is 2.02. The summed E-state index contributed by atoms with van der Waals surface area (Å²) in [5.41, 5.74) is 3.54. The van der Waals surface area contributed by atoms with E-state index in [2.05, 4.69) is 28.7 Å². The van der Waals surface area contributed by atoms with Crippen molar-refractivity contribution in [2.45, 2.75) is 32.1 Å². The molecular formula is C16H17ClN4. The highest BCUT2D eigenvalue weighted by atomic mass is 35.5. The third-order valence-electron chi connectivity index (χ3n) is 4.18. The summed E-state index contributed by atoms with van der Waals surface area (Å²) in [6.45, 7) is 2.20. The molecule has 1 saturated carbocycles. The van der Waals surface area contributed by atoms with Crippen LogP contribution < -0.4 is 0 Å². The van der Waals surface area contributed by atoms with Gasteiger partial charge in [-0.25, -0.2) is 4.98 Å². The molecule has 108 valence electrons. The lowest BCUT2D eigenvalue weighted by Crippen LogP contribution is -2.04. The molecule has 1 aliphatic carbocycles. The van der Waals surface area contributed by atoms with Gasteiger partial charge < -0.3 is 0 Å². The maximum atomic E-state index is 6.03. The molecular weight excluding hydrogens is 284 g/mol. The van der Waals surface area contributed by atoms with Crippen LogP contribution in [0.2, 0.25) is 5.02 Å². The van der Waals surface area contributed by atoms with Gasteiger partial charge in [-0.3, -0.25) is 9.25 Å². The van der Waals surface area contributed by atoms with E-state index in [4.69, 9.17) is 16.7 Å². The molecule has 4 rings (SSSR count). The largest absolute Gasteiger partial charge is 0.285 e. The maximum Gasteiger partial charge on any atom is 0.145 e. The monoisotopic (exact) mass is 300 g/mol. The summed E-state index contributed by atoms with van der Waals surface area (Å²) in [6, 6.07) is 4.00. The fraction of sp³-hybridized carbons (Fsp3) is 0.375. The van der Waals surface area contributed by atoms with Crippen molar-refractivity contribution in [3.05, 3.63) is 40.8 Å². The highest BCUT2D eigenvalue weighted by Gasteiger charge is 2.31. The van der Waals surface area contributed by atoms with Crippen LogP contribution in [0, 0.1) is 0 Å². The van der Waals surface area contributed by atoms with E-state index in [9.17, 15) is 0 Å². The Balaban J connectivity index is 1.96. The Bertz CT molecular complexity index is 826. The van der Waals surface area contributed by atoms with Crippen LogP contribution in [0.1, 0.15) is 36.9 Å². The van der Waals surface area contributed by atoms with E-state index in [1.54, 1.807) is 6.20 Å². The first-order valence-corrected chi connectivity index (χ1v) is 7.75. The molecule has 0 bridgehead atoms. The van der Waals surface area contributed by atoms with Gasteiger partial charge in [0.1, 0.15) is 11.5 Å². The summed E-state index contributed by atoms with van der Waals surface area (Å²) in [4.78, 5) is 4.49. The van der Waals surface area contributed by atoms with Crippen molar-refractivity contribution in [1.29, 1.82) is 0 Å². The van der Waals surface area contributed by atoms with Crippen LogP contribution in [-0.4, -0.2) is 19.3 Å². The SMILES string of the molecule is CCc1c(C2CC2)nn(C)c1-n1ccc2cc(Cl)cnc21.